The minimum Gasteiger partial charge on any atom is -0.396 e. The Morgan fingerprint density at radius 2 is 1.32 bits per heavy atom. The van der Waals surface area contributed by atoms with Gasteiger partial charge in [-0.25, -0.2) is 0 Å². The molecule has 0 unspecified atom stereocenters. The lowest BCUT2D eigenvalue weighted by atomic mass is 9.87. The van der Waals surface area contributed by atoms with Gasteiger partial charge in [0.25, 0.3) is 0 Å². The molecule has 3 amide bonds. The normalized spacial score (nSPS) is 14.5. The van der Waals surface area contributed by atoms with Gasteiger partial charge in [0.2, 0.25) is 17.7 Å². The Bertz CT molecular complexity index is 1430. The van der Waals surface area contributed by atoms with Crippen molar-refractivity contribution >= 4 is 35.2 Å². The zero-order valence-corrected chi connectivity index (χ0v) is 37.5. The predicted molar refractivity (Wildman–Crippen MR) is 241 cm³/mol. The first-order valence-corrected chi connectivity index (χ1v) is 22.7. The van der Waals surface area contributed by atoms with Crippen LogP contribution in [0.25, 0.3) is 0 Å². The van der Waals surface area contributed by atoms with Gasteiger partial charge in [0.05, 0.1) is 18.2 Å². The minimum absolute atomic E-state index is 0.0476. The van der Waals surface area contributed by atoms with Crippen molar-refractivity contribution < 1.29 is 34.2 Å². The van der Waals surface area contributed by atoms with Crippen LogP contribution in [0, 0.1) is 17.8 Å². The van der Waals surface area contributed by atoms with Gasteiger partial charge in [0, 0.05) is 38.3 Å². The van der Waals surface area contributed by atoms with E-state index in [1.807, 2.05) is 30.3 Å². The maximum Gasteiger partial charge on any atom is 0.245 e. The Labute approximate surface area is 360 Å². The van der Waals surface area contributed by atoms with Crippen LogP contribution >= 0.6 is 0 Å². The van der Waals surface area contributed by atoms with E-state index < -0.39 is 47.7 Å². The second-order valence-electron chi connectivity index (χ2n) is 16.9. The number of carbonyl (C=O) groups excluding carboxylic acids is 5. The molecule has 0 saturated heterocycles. The second kappa shape index (κ2) is 32.6. The second-order valence-corrected chi connectivity index (χ2v) is 16.9. The molecule has 0 fully saturated rings. The van der Waals surface area contributed by atoms with Crippen LogP contribution in [-0.4, -0.2) is 82.8 Å². The zero-order chi connectivity index (χ0) is 44.7. The number of carbonyl (C=O) groups is 5. The van der Waals surface area contributed by atoms with E-state index in [0.29, 0.717) is 12.8 Å². The topological polar surface area (TPSA) is 226 Å². The molecule has 13 heteroatoms. The summed E-state index contributed by atoms with van der Waals surface area (Å²) >= 11 is 0. The van der Waals surface area contributed by atoms with E-state index in [2.05, 4.69) is 40.0 Å². The van der Waals surface area contributed by atoms with E-state index >= 15 is 0 Å². The number of aliphatic imine (C=N–C) groups is 1. The van der Waals surface area contributed by atoms with Crippen molar-refractivity contribution in [2.45, 2.75) is 181 Å². The molecule has 0 aliphatic carbocycles. The van der Waals surface area contributed by atoms with Crippen molar-refractivity contribution in [3.05, 3.63) is 48.0 Å². The average Bonchev–Trinajstić information content (AvgIpc) is 3.20. The number of allylic oxidation sites excluding steroid dienone is 2. The molecular weight excluding hydrogens is 761 g/mol. The number of unbranched alkanes of at least 4 members (excludes halogenated alkanes) is 11. The highest BCUT2D eigenvalue weighted by atomic mass is 16.3. The van der Waals surface area contributed by atoms with Gasteiger partial charge in [0.1, 0.15) is 6.04 Å². The molecule has 0 aliphatic heterocycles. The number of nitrogens with two attached hydrogens (primary N) is 2. The molecule has 0 saturated carbocycles. The number of ketones is 2. The zero-order valence-electron chi connectivity index (χ0n) is 37.5. The standard InChI is InChI=1S/C47H80N6O7/c1-6-7-8-9-10-11-12-13-14-15-16-17-18-19-23-28-42(58)52-44(36(5)55)46(60)53-43(34(2)3)41(57)32-38(31-37-25-21-20-22-26-37)45(59)51-39(27-24-29-50-47(48)49)40(56)30-35(4)33-54/h13-14,20-22,25-26,34-36,38-39,43-44,54-55H,6-12,15-19,23-24,27-33H2,1-5H3,(H,51,59)(H,52,58)(H,53,60)(H4,48,49,50)/b14-13-/t35-,36+,38+,39-,43-,44-/m0/s1. The third kappa shape index (κ3) is 24.9. The molecule has 0 heterocycles. The lowest BCUT2D eigenvalue weighted by Gasteiger charge is -2.28. The Morgan fingerprint density at radius 1 is 0.717 bits per heavy atom. The van der Waals surface area contributed by atoms with Gasteiger partial charge in [-0.2, -0.15) is 0 Å². The van der Waals surface area contributed by atoms with Crippen molar-refractivity contribution in [2.75, 3.05) is 13.2 Å². The molecule has 60 heavy (non-hydrogen) atoms. The Morgan fingerprint density at radius 3 is 1.88 bits per heavy atom. The highest BCUT2D eigenvalue weighted by Gasteiger charge is 2.34. The largest absolute Gasteiger partial charge is 0.396 e. The number of amides is 3. The van der Waals surface area contributed by atoms with Crippen LogP contribution in [0.5, 0.6) is 0 Å². The first-order chi connectivity index (χ1) is 28.7. The third-order valence-electron chi connectivity index (χ3n) is 10.7. The highest BCUT2D eigenvalue weighted by molar-refractivity contribution is 5.96. The van der Waals surface area contributed by atoms with Gasteiger partial charge in [0.15, 0.2) is 17.5 Å². The van der Waals surface area contributed by atoms with Crippen LogP contribution in [0.3, 0.4) is 0 Å². The summed E-state index contributed by atoms with van der Waals surface area (Å²) < 4.78 is 0. The maximum absolute atomic E-state index is 14.0. The van der Waals surface area contributed by atoms with Crippen LogP contribution in [0.4, 0.5) is 0 Å². The smallest absolute Gasteiger partial charge is 0.245 e. The first-order valence-electron chi connectivity index (χ1n) is 22.7. The molecule has 9 N–H and O–H groups in total. The number of hydrogen-bond acceptors (Lipinski definition) is 8. The van der Waals surface area contributed by atoms with Gasteiger partial charge in [-0.15, -0.1) is 0 Å². The summed E-state index contributed by atoms with van der Waals surface area (Å²) in [6.45, 7) is 8.99. The summed E-state index contributed by atoms with van der Waals surface area (Å²) in [5.74, 6) is -3.86. The molecule has 340 valence electrons. The number of guanidine groups is 1. The van der Waals surface area contributed by atoms with Gasteiger partial charge in [-0.05, 0) is 75.7 Å². The number of aliphatic hydroxyl groups is 2. The fourth-order valence-electron chi connectivity index (χ4n) is 7.05. The van der Waals surface area contributed by atoms with Crippen LogP contribution in [0.1, 0.15) is 156 Å². The van der Waals surface area contributed by atoms with E-state index in [1.54, 1.807) is 20.8 Å². The number of aliphatic hydroxyl groups excluding tert-OH is 2. The highest BCUT2D eigenvalue weighted by Crippen LogP contribution is 2.19. The minimum atomic E-state index is -1.27. The number of Topliss-reactive ketones (excluding diaryl/α,β-unsaturated/α-hetero) is 2. The summed E-state index contributed by atoms with van der Waals surface area (Å²) in [6, 6.07) is 6.02. The molecule has 1 aromatic carbocycles. The lowest BCUT2D eigenvalue weighted by Crippen LogP contribution is -2.57. The van der Waals surface area contributed by atoms with Crippen molar-refractivity contribution in [2.24, 2.45) is 34.2 Å². The van der Waals surface area contributed by atoms with E-state index in [9.17, 15) is 34.2 Å². The van der Waals surface area contributed by atoms with Gasteiger partial charge in [-0.3, -0.25) is 29.0 Å². The van der Waals surface area contributed by atoms with Crippen molar-refractivity contribution in [3.8, 4) is 0 Å². The van der Waals surface area contributed by atoms with Gasteiger partial charge < -0.3 is 37.6 Å². The molecular formula is C47H80N6O7. The van der Waals surface area contributed by atoms with Gasteiger partial charge >= 0.3 is 0 Å². The fraction of sp³-hybridized carbons (Fsp3) is 0.702. The number of nitrogens with one attached hydrogen (secondary N) is 3. The molecule has 0 bridgehead atoms. The van der Waals surface area contributed by atoms with Crippen molar-refractivity contribution in [1.29, 1.82) is 0 Å². The van der Waals surface area contributed by atoms with Crippen molar-refractivity contribution in [1.82, 2.24) is 16.0 Å². The third-order valence-corrected chi connectivity index (χ3v) is 10.7. The number of hydrogen-bond donors (Lipinski definition) is 7. The summed E-state index contributed by atoms with van der Waals surface area (Å²) in [4.78, 5) is 71.7. The SMILES string of the molecule is CCCCCCCC/C=C\CCCCCCCC(=O)N[C@H](C(=O)N[C@H](C(=O)C[C@@H](Cc1ccccc1)C(=O)N[C@@H](CCCN=C(N)N)C(=O)C[C@H](C)CO)C(C)C)[C@@H](C)O. The van der Waals surface area contributed by atoms with Crippen LogP contribution in [0.2, 0.25) is 0 Å². The average molecular weight is 841 g/mol. The molecule has 13 nitrogen and oxygen atoms in total. The van der Waals surface area contributed by atoms with Gasteiger partial charge in [-0.1, -0.05) is 122 Å². The molecule has 0 aromatic heterocycles. The Hall–Kier alpha value is -4.10. The predicted octanol–water partition coefficient (Wildman–Crippen LogP) is 5.97. The quantitative estimate of drug-likeness (QED) is 0.0185. The lowest BCUT2D eigenvalue weighted by molar-refractivity contribution is -0.136. The van der Waals surface area contributed by atoms with E-state index in [-0.39, 0.29) is 74.7 Å². The molecule has 0 spiro atoms. The number of nitrogens with zero attached hydrogens (tertiary/aromatic N) is 1. The number of rotatable bonds is 35. The maximum atomic E-state index is 14.0. The van der Waals surface area contributed by atoms with Crippen LogP contribution in [-0.2, 0) is 30.4 Å². The summed E-state index contributed by atoms with van der Waals surface area (Å²) in [7, 11) is 0. The summed E-state index contributed by atoms with van der Waals surface area (Å²) in [6.07, 6.45) is 19.1. The number of benzene rings is 1. The van der Waals surface area contributed by atoms with E-state index in [4.69, 9.17) is 11.5 Å². The first kappa shape index (κ1) is 53.9. The Kier molecular flexibility index (Phi) is 29.3. The molecule has 0 radical (unpaired) electrons. The molecule has 1 aromatic rings. The summed E-state index contributed by atoms with van der Waals surface area (Å²) in [5, 5.41) is 28.4. The van der Waals surface area contributed by atoms with Crippen LogP contribution in [0.15, 0.2) is 47.5 Å². The van der Waals surface area contributed by atoms with Crippen LogP contribution < -0.4 is 27.4 Å². The van der Waals surface area contributed by atoms with Crippen molar-refractivity contribution in [3.63, 3.8) is 0 Å². The summed E-state index contributed by atoms with van der Waals surface area (Å²) in [5.41, 5.74) is 11.7. The Balaban J connectivity index is 2.86. The molecule has 0 aliphatic rings. The van der Waals surface area contributed by atoms with E-state index in [1.165, 1.54) is 45.4 Å². The van der Waals surface area contributed by atoms with E-state index in [0.717, 1.165) is 44.1 Å². The molecule has 1 rings (SSSR count). The molecule has 6 atom stereocenters. The monoisotopic (exact) mass is 841 g/mol. The fourth-order valence-corrected chi connectivity index (χ4v) is 7.05.